The van der Waals surface area contributed by atoms with E-state index in [-0.39, 0.29) is 5.97 Å². The zero-order valence-corrected chi connectivity index (χ0v) is 11.1. The van der Waals surface area contributed by atoms with Crippen molar-refractivity contribution in [2.75, 3.05) is 14.2 Å². The molecule has 0 saturated heterocycles. The number of aryl methyl sites for hydroxylation is 1. The number of carbonyl (C=O) groups is 1. The summed E-state index contributed by atoms with van der Waals surface area (Å²) >= 11 is 0. The third-order valence-electron chi connectivity index (χ3n) is 2.92. The predicted octanol–water partition coefficient (Wildman–Crippen LogP) is 2.85. The van der Waals surface area contributed by atoms with Crippen LogP contribution >= 0.6 is 0 Å². The van der Waals surface area contributed by atoms with E-state index in [1.165, 1.54) is 7.11 Å². The van der Waals surface area contributed by atoms with Gasteiger partial charge in [-0.15, -0.1) is 0 Å². The van der Waals surface area contributed by atoms with E-state index in [4.69, 9.17) is 9.47 Å². The lowest BCUT2D eigenvalue weighted by molar-refractivity contribution is 0.0599. The third kappa shape index (κ3) is 2.73. The zero-order chi connectivity index (χ0) is 13.8. The first-order valence-corrected chi connectivity index (χ1v) is 5.85. The summed E-state index contributed by atoms with van der Waals surface area (Å²) < 4.78 is 9.86. The lowest BCUT2D eigenvalue weighted by Gasteiger charge is -2.07. The summed E-state index contributed by atoms with van der Waals surface area (Å²) in [6, 6.07) is 9.37. The molecule has 2 aromatic rings. The van der Waals surface area contributed by atoms with Crippen molar-refractivity contribution >= 4 is 5.97 Å². The van der Waals surface area contributed by atoms with Crippen molar-refractivity contribution < 1.29 is 14.3 Å². The number of carbonyl (C=O) groups excluding carboxylic acids is 1. The summed E-state index contributed by atoms with van der Waals surface area (Å²) in [4.78, 5) is 15.9. The molecule has 1 aromatic carbocycles. The van der Waals surface area contributed by atoms with Gasteiger partial charge >= 0.3 is 5.97 Å². The van der Waals surface area contributed by atoms with Gasteiger partial charge in [-0.2, -0.15) is 0 Å². The Hall–Kier alpha value is -2.36. The van der Waals surface area contributed by atoms with Crippen molar-refractivity contribution in [2.24, 2.45) is 0 Å². The molecule has 0 saturated carbocycles. The van der Waals surface area contributed by atoms with Crippen LogP contribution < -0.4 is 4.74 Å². The van der Waals surface area contributed by atoms with Crippen LogP contribution in [-0.4, -0.2) is 25.2 Å². The average molecular weight is 257 g/mol. The lowest BCUT2D eigenvalue weighted by atomic mass is 10.0. The van der Waals surface area contributed by atoms with Crippen LogP contribution in [0.4, 0.5) is 0 Å². The van der Waals surface area contributed by atoms with E-state index in [2.05, 4.69) is 4.98 Å². The molecule has 0 spiro atoms. The molecule has 4 heteroatoms. The second-order valence-electron chi connectivity index (χ2n) is 4.08. The van der Waals surface area contributed by atoms with Crippen molar-refractivity contribution in [2.45, 2.75) is 6.92 Å². The van der Waals surface area contributed by atoms with Crippen LogP contribution in [0.5, 0.6) is 5.75 Å². The molecule has 1 heterocycles. The van der Waals surface area contributed by atoms with Gasteiger partial charge in [-0.05, 0) is 30.7 Å². The Kier molecular flexibility index (Phi) is 3.80. The fourth-order valence-electron chi connectivity index (χ4n) is 1.79. The summed E-state index contributed by atoms with van der Waals surface area (Å²) in [7, 11) is 2.99. The molecule has 0 unspecified atom stereocenters. The Morgan fingerprint density at radius 3 is 2.37 bits per heavy atom. The number of methoxy groups -OCH3 is 2. The Labute approximate surface area is 112 Å². The van der Waals surface area contributed by atoms with Gasteiger partial charge in [0.05, 0.1) is 25.5 Å². The Bertz CT molecular complexity index is 591. The molecule has 0 bridgehead atoms. The number of hydrogen-bond acceptors (Lipinski definition) is 4. The van der Waals surface area contributed by atoms with Gasteiger partial charge in [-0.25, -0.2) is 4.79 Å². The molecule has 2 rings (SSSR count). The number of ether oxygens (including phenoxy) is 2. The van der Waals surface area contributed by atoms with E-state index >= 15 is 0 Å². The van der Waals surface area contributed by atoms with Crippen molar-refractivity contribution in [3.05, 3.63) is 47.8 Å². The van der Waals surface area contributed by atoms with E-state index in [1.807, 2.05) is 24.3 Å². The van der Waals surface area contributed by atoms with Crippen LogP contribution in [-0.2, 0) is 4.74 Å². The highest BCUT2D eigenvalue weighted by Gasteiger charge is 2.11. The van der Waals surface area contributed by atoms with Crippen LogP contribution in [0.25, 0.3) is 11.1 Å². The number of benzene rings is 1. The maximum atomic E-state index is 11.6. The molecule has 0 aliphatic heterocycles. The highest BCUT2D eigenvalue weighted by atomic mass is 16.5. The number of aromatic nitrogens is 1. The quantitative estimate of drug-likeness (QED) is 0.793. The maximum absolute atomic E-state index is 11.6. The minimum Gasteiger partial charge on any atom is -0.497 e. The van der Waals surface area contributed by atoms with Crippen molar-refractivity contribution in [1.82, 2.24) is 4.98 Å². The van der Waals surface area contributed by atoms with Crippen molar-refractivity contribution in [3.63, 3.8) is 0 Å². The molecule has 0 aliphatic carbocycles. The normalized spacial score (nSPS) is 10.1. The monoisotopic (exact) mass is 257 g/mol. The van der Waals surface area contributed by atoms with Gasteiger partial charge in [0.1, 0.15) is 5.75 Å². The zero-order valence-electron chi connectivity index (χ0n) is 11.1. The van der Waals surface area contributed by atoms with Gasteiger partial charge in [0, 0.05) is 11.8 Å². The van der Waals surface area contributed by atoms with Crippen LogP contribution in [0, 0.1) is 6.92 Å². The molecule has 0 atom stereocenters. The fraction of sp³-hybridized carbons (Fsp3) is 0.200. The minimum absolute atomic E-state index is 0.375. The molecule has 4 nitrogen and oxygen atoms in total. The van der Waals surface area contributed by atoms with Gasteiger partial charge in [0.15, 0.2) is 0 Å². The predicted molar refractivity (Wildman–Crippen MR) is 72.3 cm³/mol. The summed E-state index contributed by atoms with van der Waals surface area (Å²) in [6.45, 7) is 1.78. The van der Waals surface area contributed by atoms with Crippen LogP contribution in [0.3, 0.4) is 0 Å². The SMILES string of the molecule is COC(=O)c1cc(-c2ccc(OC)cc2)cnc1C. The van der Waals surface area contributed by atoms with E-state index < -0.39 is 0 Å². The molecule has 0 aliphatic rings. The molecule has 0 fully saturated rings. The number of nitrogens with zero attached hydrogens (tertiary/aromatic N) is 1. The van der Waals surface area contributed by atoms with E-state index in [1.54, 1.807) is 26.3 Å². The standard InChI is InChI=1S/C15H15NO3/c1-10-14(15(17)19-3)8-12(9-16-10)11-4-6-13(18-2)7-5-11/h4-9H,1-3H3. The number of rotatable bonds is 3. The molecule has 0 N–H and O–H groups in total. The van der Waals surface area contributed by atoms with Crippen LogP contribution in [0.1, 0.15) is 16.1 Å². The first-order chi connectivity index (χ1) is 9.15. The Balaban J connectivity index is 2.42. The summed E-state index contributed by atoms with van der Waals surface area (Å²) in [5.74, 6) is 0.414. The number of pyridine rings is 1. The van der Waals surface area contributed by atoms with Gasteiger partial charge in [-0.3, -0.25) is 4.98 Å². The minimum atomic E-state index is -0.375. The van der Waals surface area contributed by atoms with Gasteiger partial charge in [0.2, 0.25) is 0 Å². The largest absolute Gasteiger partial charge is 0.497 e. The smallest absolute Gasteiger partial charge is 0.339 e. The molecular formula is C15H15NO3. The Morgan fingerprint density at radius 2 is 1.79 bits per heavy atom. The molecule has 19 heavy (non-hydrogen) atoms. The fourth-order valence-corrected chi connectivity index (χ4v) is 1.79. The Morgan fingerprint density at radius 1 is 1.11 bits per heavy atom. The lowest BCUT2D eigenvalue weighted by Crippen LogP contribution is -2.05. The van der Waals surface area contributed by atoms with E-state index in [0.717, 1.165) is 16.9 Å². The van der Waals surface area contributed by atoms with Crippen molar-refractivity contribution in [1.29, 1.82) is 0 Å². The van der Waals surface area contributed by atoms with Gasteiger partial charge in [0.25, 0.3) is 0 Å². The van der Waals surface area contributed by atoms with Gasteiger partial charge < -0.3 is 9.47 Å². The molecular weight excluding hydrogens is 242 g/mol. The molecule has 98 valence electrons. The number of hydrogen-bond donors (Lipinski definition) is 0. The second kappa shape index (κ2) is 5.52. The van der Waals surface area contributed by atoms with Crippen molar-refractivity contribution in [3.8, 4) is 16.9 Å². The molecule has 0 radical (unpaired) electrons. The number of esters is 1. The van der Waals surface area contributed by atoms with Gasteiger partial charge in [-0.1, -0.05) is 12.1 Å². The molecule has 0 amide bonds. The highest BCUT2D eigenvalue weighted by Crippen LogP contribution is 2.23. The van der Waals surface area contributed by atoms with Crippen LogP contribution in [0.15, 0.2) is 36.5 Å². The maximum Gasteiger partial charge on any atom is 0.339 e. The molecule has 1 aromatic heterocycles. The summed E-state index contributed by atoms with van der Waals surface area (Å²) in [6.07, 6.45) is 1.74. The average Bonchev–Trinajstić information content (AvgIpc) is 2.47. The van der Waals surface area contributed by atoms with E-state index in [9.17, 15) is 4.79 Å². The van der Waals surface area contributed by atoms with E-state index in [0.29, 0.717) is 11.3 Å². The highest BCUT2D eigenvalue weighted by molar-refractivity contribution is 5.91. The topological polar surface area (TPSA) is 48.4 Å². The second-order valence-corrected chi connectivity index (χ2v) is 4.08. The summed E-state index contributed by atoms with van der Waals surface area (Å²) in [5, 5.41) is 0. The van der Waals surface area contributed by atoms with Crippen LogP contribution in [0.2, 0.25) is 0 Å². The third-order valence-corrected chi connectivity index (χ3v) is 2.92. The first kappa shape index (κ1) is 13.1. The summed E-state index contributed by atoms with van der Waals surface area (Å²) in [5.41, 5.74) is 2.98. The first-order valence-electron chi connectivity index (χ1n) is 5.85.